The van der Waals surface area contributed by atoms with Crippen molar-refractivity contribution < 1.29 is 23.9 Å². The number of hydrogen-bond donors (Lipinski definition) is 3. The first kappa shape index (κ1) is 22.9. The second kappa shape index (κ2) is 11.6. The lowest BCUT2D eigenvalue weighted by molar-refractivity contribution is -0.139. The van der Waals surface area contributed by atoms with E-state index in [4.69, 9.17) is 20.0 Å². The van der Waals surface area contributed by atoms with E-state index in [-0.39, 0.29) is 31.0 Å². The maximum atomic E-state index is 12.3. The number of amides is 1. The third-order valence-electron chi connectivity index (χ3n) is 4.24. The Morgan fingerprint density at radius 2 is 2.00 bits per heavy atom. The molecule has 1 aliphatic rings. The number of nitrogens with one attached hydrogen (secondary N) is 2. The zero-order chi connectivity index (χ0) is 20.4. The van der Waals surface area contributed by atoms with Crippen LogP contribution in [0, 0.1) is 0 Å². The molecule has 0 saturated carbocycles. The summed E-state index contributed by atoms with van der Waals surface area (Å²) in [6.07, 6.45) is 3.06. The maximum Gasteiger partial charge on any atom is 0.333 e. The summed E-state index contributed by atoms with van der Waals surface area (Å²) in [6.45, 7) is 7.49. The number of nitrogens with two attached hydrogens (primary N) is 1. The minimum Gasteiger partial charge on any atom is -0.463 e. The molecule has 0 unspecified atom stereocenters. The van der Waals surface area contributed by atoms with Crippen molar-refractivity contribution in [2.45, 2.75) is 71.2 Å². The Labute approximate surface area is 160 Å². The first-order chi connectivity index (χ1) is 12.9. The van der Waals surface area contributed by atoms with Crippen LogP contribution in [0.1, 0.15) is 47.0 Å². The van der Waals surface area contributed by atoms with Gasteiger partial charge in [0, 0.05) is 18.9 Å². The fraction of sp³-hybridized carbons (Fsp3) is 0.722. The first-order valence-electron chi connectivity index (χ1n) is 9.28. The van der Waals surface area contributed by atoms with Crippen molar-refractivity contribution in [1.82, 2.24) is 10.8 Å². The van der Waals surface area contributed by atoms with Gasteiger partial charge < -0.3 is 20.5 Å². The van der Waals surface area contributed by atoms with Crippen molar-refractivity contribution in [1.29, 1.82) is 0 Å². The van der Waals surface area contributed by atoms with E-state index in [1.54, 1.807) is 13.0 Å². The number of guanidine groups is 1. The van der Waals surface area contributed by atoms with Crippen LogP contribution in [0.15, 0.2) is 16.6 Å². The average Bonchev–Trinajstić information content (AvgIpc) is 2.61. The molecule has 4 N–H and O–H groups in total. The van der Waals surface area contributed by atoms with Gasteiger partial charge in [0.25, 0.3) is 0 Å². The second-order valence-corrected chi connectivity index (χ2v) is 6.27. The van der Waals surface area contributed by atoms with E-state index >= 15 is 0 Å². The molecule has 0 aromatic heterocycles. The summed E-state index contributed by atoms with van der Waals surface area (Å²) in [5.41, 5.74) is 8.72. The molecule has 154 valence electrons. The van der Waals surface area contributed by atoms with Crippen LogP contribution in [-0.2, 0) is 23.9 Å². The summed E-state index contributed by atoms with van der Waals surface area (Å²) in [4.78, 5) is 33.2. The van der Waals surface area contributed by atoms with E-state index in [0.29, 0.717) is 5.57 Å². The number of carbonyl (C=O) groups excluding carboxylic acids is 2. The summed E-state index contributed by atoms with van der Waals surface area (Å²) in [6, 6.07) is -0.987. The molecule has 1 aliphatic carbocycles. The molecule has 0 aromatic rings. The minimum atomic E-state index is -0.531. The number of nitrogens with zero attached hydrogens (tertiary/aromatic N) is 1. The van der Waals surface area contributed by atoms with Gasteiger partial charge in [-0.25, -0.2) is 15.3 Å². The lowest BCUT2D eigenvalue weighted by Gasteiger charge is -2.36. The fourth-order valence-electron chi connectivity index (χ4n) is 2.99. The summed E-state index contributed by atoms with van der Waals surface area (Å²) in [5.74, 6) is -0.593. The monoisotopic (exact) mass is 384 g/mol. The van der Waals surface area contributed by atoms with Gasteiger partial charge in [-0.2, -0.15) is 0 Å². The van der Waals surface area contributed by atoms with Crippen LogP contribution >= 0.6 is 0 Å². The highest BCUT2D eigenvalue weighted by atomic mass is 16.6. The Balaban J connectivity index is 3.26. The van der Waals surface area contributed by atoms with E-state index < -0.39 is 24.2 Å². The lowest BCUT2D eigenvalue weighted by atomic mass is 9.88. The molecule has 9 nitrogen and oxygen atoms in total. The average molecular weight is 384 g/mol. The zero-order valence-corrected chi connectivity index (χ0v) is 16.8. The Kier molecular flexibility index (Phi) is 9.81. The summed E-state index contributed by atoms with van der Waals surface area (Å²) in [5, 5.41) is 2.88. The standard InChI is InChI=1S/C18H32N4O5/c1-6-13(7-2)27-15-10-12(17(24)26-8-3)9-14(16(15)20-11(4)23)21-18(19)22-25-5/h10,13-16H,6-9H2,1-5H3,(H,20,23)(H3,19,21,22)/t14-,15+,16+/m0/s1. The molecule has 27 heavy (non-hydrogen) atoms. The normalized spacial score (nSPS) is 23.0. The topological polar surface area (TPSA) is 124 Å². The van der Waals surface area contributed by atoms with Crippen molar-refractivity contribution in [2.75, 3.05) is 13.7 Å². The number of aliphatic imine (C=N–C) groups is 1. The van der Waals surface area contributed by atoms with Gasteiger partial charge in [0.15, 0.2) is 0 Å². The van der Waals surface area contributed by atoms with Crippen molar-refractivity contribution in [3.05, 3.63) is 11.6 Å². The number of hydroxylamine groups is 1. The van der Waals surface area contributed by atoms with E-state index in [9.17, 15) is 9.59 Å². The largest absolute Gasteiger partial charge is 0.463 e. The summed E-state index contributed by atoms with van der Waals surface area (Å²) in [7, 11) is 1.41. The molecule has 1 amide bonds. The van der Waals surface area contributed by atoms with Crippen molar-refractivity contribution >= 4 is 17.8 Å². The third kappa shape index (κ3) is 7.18. The molecular weight excluding hydrogens is 352 g/mol. The molecule has 0 aromatic carbocycles. The molecule has 0 heterocycles. The highest BCUT2D eigenvalue weighted by molar-refractivity contribution is 5.89. The number of esters is 1. The van der Waals surface area contributed by atoms with Gasteiger partial charge in [-0.3, -0.25) is 9.63 Å². The molecule has 9 heteroatoms. The molecule has 0 radical (unpaired) electrons. The Morgan fingerprint density at radius 1 is 1.33 bits per heavy atom. The molecule has 1 rings (SSSR count). The molecule has 0 fully saturated rings. The predicted octanol–water partition coefficient (Wildman–Crippen LogP) is 0.792. The quantitative estimate of drug-likeness (QED) is 0.232. The van der Waals surface area contributed by atoms with Crippen LogP contribution in [0.25, 0.3) is 0 Å². The third-order valence-corrected chi connectivity index (χ3v) is 4.24. The smallest absolute Gasteiger partial charge is 0.333 e. The van der Waals surface area contributed by atoms with Gasteiger partial charge >= 0.3 is 5.97 Å². The highest BCUT2D eigenvalue weighted by Crippen LogP contribution is 2.27. The van der Waals surface area contributed by atoms with E-state index in [0.717, 1.165) is 12.8 Å². The number of ether oxygens (including phenoxy) is 2. The zero-order valence-electron chi connectivity index (χ0n) is 16.8. The van der Waals surface area contributed by atoms with Crippen molar-refractivity contribution in [2.24, 2.45) is 10.7 Å². The number of carbonyl (C=O) groups is 2. The number of hydrogen-bond acceptors (Lipinski definition) is 6. The SMILES string of the molecule is CCOC(=O)C1=C[C@@H](OC(CC)CC)[C@H](NC(C)=O)[C@@H](N=C(N)NOC)C1. The molecule has 0 bridgehead atoms. The molecule has 0 saturated heterocycles. The Bertz CT molecular complexity index is 560. The first-order valence-corrected chi connectivity index (χ1v) is 9.28. The van der Waals surface area contributed by atoms with Crippen LogP contribution in [0.4, 0.5) is 0 Å². The highest BCUT2D eigenvalue weighted by Gasteiger charge is 2.38. The van der Waals surface area contributed by atoms with Crippen LogP contribution < -0.4 is 16.5 Å². The van der Waals surface area contributed by atoms with Gasteiger partial charge in [0.2, 0.25) is 11.9 Å². The van der Waals surface area contributed by atoms with E-state index in [1.165, 1.54) is 14.0 Å². The Hall–Kier alpha value is -2.13. The second-order valence-electron chi connectivity index (χ2n) is 6.27. The predicted molar refractivity (Wildman–Crippen MR) is 102 cm³/mol. The van der Waals surface area contributed by atoms with Gasteiger partial charge in [-0.05, 0) is 25.8 Å². The van der Waals surface area contributed by atoms with Crippen LogP contribution in [0.5, 0.6) is 0 Å². The minimum absolute atomic E-state index is 0.0110. The van der Waals surface area contributed by atoms with Crippen molar-refractivity contribution in [3.63, 3.8) is 0 Å². The number of rotatable bonds is 9. The van der Waals surface area contributed by atoms with Gasteiger partial charge in [0.05, 0.1) is 38.0 Å². The van der Waals surface area contributed by atoms with Gasteiger partial charge in [-0.15, -0.1) is 0 Å². The summed E-state index contributed by atoms with van der Waals surface area (Å²) >= 11 is 0. The molecule has 0 aliphatic heterocycles. The summed E-state index contributed by atoms with van der Waals surface area (Å²) < 4.78 is 11.3. The van der Waals surface area contributed by atoms with Crippen LogP contribution in [0.3, 0.4) is 0 Å². The van der Waals surface area contributed by atoms with Gasteiger partial charge in [-0.1, -0.05) is 13.8 Å². The fourth-order valence-corrected chi connectivity index (χ4v) is 2.99. The van der Waals surface area contributed by atoms with Crippen LogP contribution in [0.2, 0.25) is 0 Å². The van der Waals surface area contributed by atoms with Crippen molar-refractivity contribution in [3.8, 4) is 0 Å². The van der Waals surface area contributed by atoms with E-state index in [2.05, 4.69) is 15.8 Å². The maximum absolute atomic E-state index is 12.3. The van der Waals surface area contributed by atoms with Crippen LogP contribution in [-0.4, -0.2) is 55.8 Å². The van der Waals surface area contributed by atoms with Gasteiger partial charge in [0.1, 0.15) is 0 Å². The molecule has 3 atom stereocenters. The molecular formula is C18H32N4O5. The lowest BCUT2D eigenvalue weighted by Crippen LogP contribution is -2.54. The molecule has 0 spiro atoms. The van der Waals surface area contributed by atoms with E-state index in [1.807, 2.05) is 13.8 Å². The Morgan fingerprint density at radius 3 is 2.52 bits per heavy atom.